The molecule has 1 aromatic carbocycles. The van der Waals surface area contributed by atoms with Gasteiger partial charge in [0.05, 0.1) is 16.8 Å². The predicted octanol–water partition coefficient (Wildman–Crippen LogP) is 3.40. The van der Waals surface area contributed by atoms with Crippen molar-refractivity contribution in [3.05, 3.63) is 46.0 Å². The maximum absolute atomic E-state index is 12.7. The molecule has 0 radical (unpaired) electrons. The average Bonchev–Trinajstić information content (AvgIpc) is 3.16. The standard InChI is InChI=1S/C20H24N4O3S/c1-6-27-18(25)11-23-16-8-7-13(4)9-17(16)28-20(23)21-19(26)15-10-14(5)24(22-15)12(2)3/h7-10,12H,6,11H2,1-5H3. The number of amides is 1. The minimum Gasteiger partial charge on any atom is -0.465 e. The van der Waals surface area contributed by atoms with Gasteiger partial charge < -0.3 is 9.30 Å². The van der Waals surface area contributed by atoms with Crippen LogP contribution in [-0.2, 0) is 16.1 Å². The summed E-state index contributed by atoms with van der Waals surface area (Å²) in [5, 5.41) is 4.37. The first-order chi connectivity index (χ1) is 13.3. The van der Waals surface area contributed by atoms with E-state index in [-0.39, 0.29) is 18.6 Å². The fraction of sp³-hybridized carbons (Fsp3) is 0.400. The summed E-state index contributed by atoms with van der Waals surface area (Å²) in [4.78, 5) is 29.6. The van der Waals surface area contributed by atoms with Crippen LogP contribution in [0.2, 0.25) is 0 Å². The molecule has 0 N–H and O–H groups in total. The maximum atomic E-state index is 12.7. The molecule has 0 spiro atoms. The van der Waals surface area contributed by atoms with E-state index in [4.69, 9.17) is 4.74 Å². The number of nitrogens with zero attached hydrogens (tertiary/aromatic N) is 4. The Labute approximate surface area is 167 Å². The van der Waals surface area contributed by atoms with Crippen LogP contribution in [0, 0.1) is 13.8 Å². The van der Waals surface area contributed by atoms with Crippen LogP contribution in [0.4, 0.5) is 0 Å². The van der Waals surface area contributed by atoms with E-state index in [1.165, 1.54) is 11.3 Å². The summed E-state index contributed by atoms with van der Waals surface area (Å²) in [5.41, 5.74) is 3.14. The molecule has 28 heavy (non-hydrogen) atoms. The fourth-order valence-electron chi connectivity index (χ4n) is 3.01. The van der Waals surface area contributed by atoms with E-state index in [2.05, 4.69) is 10.1 Å². The number of thiazole rings is 1. The van der Waals surface area contributed by atoms with Crippen molar-refractivity contribution in [2.24, 2.45) is 4.99 Å². The second-order valence-corrected chi connectivity index (χ2v) is 7.88. The van der Waals surface area contributed by atoms with Gasteiger partial charge in [-0.2, -0.15) is 10.1 Å². The van der Waals surface area contributed by atoms with Crippen LogP contribution in [0.5, 0.6) is 0 Å². The largest absolute Gasteiger partial charge is 0.465 e. The van der Waals surface area contributed by atoms with Gasteiger partial charge in [0.2, 0.25) is 0 Å². The number of aromatic nitrogens is 3. The van der Waals surface area contributed by atoms with Crippen molar-refractivity contribution in [1.29, 1.82) is 0 Å². The van der Waals surface area contributed by atoms with Crippen molar-refractivity contribution >= 4 is 33.4 Å². The summed E-state index contributed by atoms with van der Waals surface area (Å²) in [6, 6.07) is 7.81. The normalized spacial score (nSPS) is 12.1. The van der Waals surface area contributed by atoms with Crippen molar-refractivity contribution in [1.82, 2.24) is 14.3 Å². The Balaban J connectivity index is 2.08. The molecule has 0 saturated carbocycles. The van der Waals surface area contributed by atoms with Crippen molar-refractivity contribution in [2.75, 3.05) is 6.61 Å². The van der Waals surface area contributed by atoms with E-state index in [1.54, 1.807) is 22.2 Å². The first kappa shape index (κ1) is 20.0. The quantitative estimate of drug-likeness (QED) is 0.615. The van der Waals surface area contributed by atoms with Crippen LogP contribution >= 0.6 is 11.3 Å². The van der Waals surface area contributed by atoms with Crippen LogP contribution in [0.25, 0.3) is 10.2 Å². The van der Waals surface area contributed by atoms with Gasteiger partial charge in [-0.15, -0.1) is 0 Å². The van der Waals surface area contributed by atoms with Gasteiger partial charge in [-0.3, -0.25) is 14.3 Å². The number of aryl methyl sites for hydroxylation is 2. The summed E-state index contributed by atoms with van der Waals surface area (Å²) in [5.74, 6) is -0.792. The van der Waals surface area contributed by atoms with E-state index >= 15 is 0 Å². The third-order valence-electron chi connectivity index (χ3n) is 4.26. The Morgan fingerprint density at radius 1 is 1.25 bits per heavy atom. The topological polar surface area (TPSA) is 78.5 Å². The lowest BCUT2D eigenvalue weighted by Crippen LogP contribution is -2.23. The van der Waals surface area contributed by atoms with Gasteiger partial charge in [0, 0.05) is 11.7 Å². The third kappa shape index (κ3) is 4.06. The molecular formula is C20H24N4O3S. The van der Waals surface area contributed by atoms with E-state index in [9.17, 15) is 9.59 Å². The van der Waals surface area contributed by atoms with E-state index < -0.39 is 5.91 Å². The molecular weight excluding hydrogens is 376 g/mol. The molecule has 2 heterocycles. The van der Waals surface area contributed by atoms with E-state index in [0.717, 1.165) is 21.5 Å². The lowest BCUT2D eigenvalue weighted by molar-refractivity contribution is -0.143. The minimum absolute atomic E-state index is 0.00246. The van der Waals surface area contributed by atoms with Crippen LogP contribution in [0.3, 0.4) is 0 Å². The van der Waals surface area contributed by atoms with Crippen LogP contribution in [-0.4, -0.2) is 32.8 Å². The first-order valence-electron chi connectivity index (χ1n) is 9.21. The van der Waals surface area contributed by atoms with Crippen LogP contribution < -0.4 is 4.80 Å². The monoisotopic (exact) mass is 400 g/mol. The zero-order valence-electron chi connectivity index (χ0n) is 16.7. The number of fused-ring (bicyclic) bond motifs is 1. The summed E-state index contributed by atoms with van der Waals surface area (Å²) in [6.45, 7) is 9.99. The number of esters is 1. The molecule has 8 heteroatoms. The second-order valence-electron chi connectivity index (χ2n) is 6.87. The van der Waals surface area contributed by atoms with Crippen molar-refractivity contribution < 1.29 is 14.3 Å². The zero-order chi connectivity index (χ0) is 20.4. The Morgan fingerprint density at radius 2 is 2.00 bits per heavy atom. The SMILES string of the molecule is CCOC(=O)Cn1c(=NC(=O)c2cc(C)n(C(C)C)n2)sc2cc(C)ccc21. The molecule has 148 valence electrons. The Hall–Kier alpha value is -2.74. The molecule has 3 aromatic rings. The van der Waals surface area contributed by atoms with Crippen molar-refractivity contribution in [3.8, 4) is 0 Å². The fourth-order valence-corrected chi connectivity index (χ4v) is 4.14. The molecule has 2 aromatic heterocycles. The molecule has 0 aliphatic heterocycles. The Bertz CT molecular complexity index is 1100. The highest BCUT2D eigenvalue weighted by molar-refractivity contribution is 7.16. The average molecular weight is 401 g/mol. The molecule has 3 rings (SSSR count). The molecule has 7 nitrogen and oxygen atoms in total. The third-order valence-corrected chi connectivity index (χ3v) is 5.30. The Kier molecular flexibility index (Phi) is 5.79. The number of ether oxygens (including phenoxy) is 1. The van der Waals surface area contributed by atoms with Gasteiger partial charge in [-0.25, -0.2) is 0 Å². The highest BCUT2D eigenvalue weighted by Crippen LogP contribution is 2.19. The lowest BCUT2D eigenvalue weighted by Gasteiger charge is -2.06. The van der Waals surface area contributed by atoms with Gasteiger partial charge in [-0.1, -0.05) is 17.4 Å². The van der Waals surface area contributed by atoms with Gasteiger partial charge >= 0.3 is 5.97 Å². The molecule has 0 unspecified atom stereocenters. The summed E-state index contributed by atoms with van der Waals surface area (Å²) in [6.07, 6.45) is 0. The molecule has 0 aliphatic carbocycles. The molecule has 1 amide bonds. The number of hydrogen-bond acceptors (Lipinski definition) is 5. The first-order valence-corrected chi connectivity index (χ1v) is 10.0. The summed E-state index contributed by atoms with van der Waals surface area (Å²) < 4.78 is 9.56. The number of carbonyl (C=O) groups is 2. The van der Waals surface area contributed by atoms with Gasteiger partial charge in [0.1, 0.15) is 6.54 Å². The van der Waals surface area contributed by atoms with Crippen LogP contribution in [0.1, 0.15) is 48.6 Å². The van der Waals surface area contributed by atoms with Gasteiger partial charge in [0.15, 0.2) is 10.5 Å². The molecule has 0 aliphatic rings. The van der Waals surface area contributed by atoms with Crippen LogP contribution in [0.15, 0.2) is 29.3 Å². The number of rotatable bonds is 5. The number of hydrogen-bond donors (Lipinski definition) is 0. The summed E-state index contributed by atoms with van der Waals surface area (Å²) >= 11 is 1.37. The maximum Gasteiger partial charge on any atom is 0.326 e. The predicted molar refractivity (Wildman–Crippen MR) is 108 cm³/mol. The smallest absolute Gasteiger partial charge is 0.326 e. The molecule has 0 bridgehead atoms. The lowest BCUT2D eigenvalue weighted by atomic mass is 10.2. The van der Waals surface area contributed by atoms with Gasteiger partial charge in [0.25, 0.3) is 5.91 Å². The van der Waals surface area contributed by atoms with Crippen molar-refractivity contribution in [3.63, 3.8) is 0 Å². The second kappa shape index (κ2) is 8.10. The summed E-state index contributed by atoms with van der Waals surface area (Å²) in [7, 11) is 0. The molecule has 0 saturated heterocycles. The molecule has 0 atom stereocenters. The Morgan fingerprint density at radius 3 is 2.64 bits per heavy atom. The zero-order valence-corrected chi connectivity index (χ0v) is 17.5. The number of benzene rings is 1. The van der Waals surface area contributed by atoms with Crippen molar-refractivity contribution in [2.45, 2.75) is 47.2 Å². The van der Waals surface area contributed by atoms with Gasteiger partial charge in [-0.05, 0) is 58.4 Å². The van der Waals surface area contributed by atoms with E-state index in [0.29, 0.717) is 17.1 Å². The highest BCUT2D eigenvalue weighted by atomic mass is 32.1. The highest BCUT2D eigenvalue weighted by Gasteiger charge is 2.16. The minimum atomic E-state index is -0.427. The molecule has 0 fully saturated rings. The number of carbonyl (C=O) groups excluding carboxylic acids is 2. The van der Waals surface area contributed by atoms with E-state index in [1.807, 2.05) is 45.9 Å².